The molecule has 0 aliphatic carbocycles. The SMILES string of the molecule is CC1(C)C(c2ccccn2)=NN=C(c2ccccn2)C1(C)O. The van der Waals surface area contributed by atoms with E-state index in [1.165, 1.54) is 0 Å². The van der Waals surface area contributed by atoms with Gasteiger partial charge < -0.3 is 5.11 Å². The molecule has 0 amide bonds. The molecule has 3 rings (SSSR count). The van der Waals surface area contributed by atoms with E-state index in [-0.39, 0.29) is 0 Å². The molecule has 0 saturated heterocycles. The molecule has 0 bridgehead atoms. The van der Waals surface area contributed by atoms with Gasteiger partial charge in [0.2, 0.25) is 0 Å². The lowest BCUT2D eigenvalue weighted by Gasteiger charge is -2.42. The van der Waals surface area contributed by atoms with Crippen LogP contribution in [0.3, 0.4) is 0 Å². The van der Waals surface area contributed by atoms with Gasteiger partial charge in [-0.05, 0) is 31.2 Å². The molecule has 2 aromatic rings. The molecule has 5 nitrogen and oxygen atoms in total. The molecule has 112 valence electrons. The van der Waals surface area contributed by atoms with Gasteiger partial charge in [0.25, 0.3) is 0 Å². The van der Waals surface area contributed by atoms with Crippen molar-refractivity contribution >= 4 is 11.4 Å². The third-order valence-corrected chi connectivity index (χ3v) is 4.34. The molecule has 0 saturated carbocycles. The van der Waals surface area contributed by atoms with Crippen molar-refractivity contribution in [3.05, 3.63) is 60.2 Å². The Morgan fingerprint density at radius 2 is 1.27 bits per heavy atom. The maximum atomic E-state index is 11.2. The van der Waals surface area contributed by atoms with Crippen LogP contribution in [0, 0.1) is 5.41 Å². The average Bonchev–Trinajstić information content (AvgIpc) is 2.51. The molecule has 1 aliphatic heterocycles. The smallest absolute Gasteiger partial charge is 0.121 e. The molecule has 1 N–H and O–H groups in total. The molecular weight excluding hydrogens is 276 g/mol. The standard InChI is InChI=1S/C17H18N4O/c1-16(2)14(12-8-4-6-10-18-12)20-21-15(17(16,3)22)13-9-5-7-11-19-13/h4-11,22H,1-3H3. The highest BCUT2D eigenvalue weighted by molar-refractivity contribution is 6.15. The molecule has 1 unspecified atom stereocenters. The summed E-state index contributed by atoms with van der Waals surface area (Å²) in [5, 5.41) is 19.8. The first-order valence-corrected chi connectivity index (χ1v) is 7.16. The Labute approximate surface area is 129 Å². The zero-order valence-electron chi connectivity index (χ0n) is 12.9. The van der Waals surface area contributed by atoms with E-state index < -0.39 is 11.0 Å². The summed E-state index contributed by atoms with van der Waals surface area (Å²) in [6, 6.07) is 11.1. The molecular formula is C17H18N4O. The summed E-state index contributed by atoms with van der Waals surface area (Å²) in [5.41, 5.74) is 0.614. The summed E-state index contributed by atoms with van der Waals surface area (Å²) < 4.78 is 0. The van der Waals surface area contributed by atoms with Crippen molar-refractivity contribution in [2.24, 2.45) is 15.6 Å². The molecule has 1 aliphatic rings. The van der Waals surface area contributed by atoms with Crippen LogP contribution in [-0.4, -0.2) is 32.1 Å². The summed E-state index contributed by atoms with van der Waals surface area (Å²) in [7, 11) is 0. The normalized spacial score (nSPS) is 23.6. The van der Waals surface area contributed by atoms with Crippen LogP contribution < -0.4 is 0 Å². The topological polar surface area (TPSA) is 70.7 Å². The largest absolute Gasteiger partial charge is 0.383 e. The molecule has 0 fully saturated rings. The van der Waals surface area contributed by atoms with Gasteiger partial charge in [-0.3, -0.25) is 9.97 Å². The maximum Gasteiger partial charge on any atom is 0.121 e. The number of aliphatic hydroxyl groups is 1. The minimum Gasteiger partial charge on any atom is -0.383 e. The second kappa shape index (κ2) is 5.10. The van der Waals surface area contributed by atoms with Crippen molar-refractivity contribution < 1.29 is 5.11 Å². The van der Waals surface area contributed by atoms with E-state index in [4.69, 9.17) is 0 Å². The van der Waals surface area contributed by atoms with Crippen LogP contribution in [0.1, 0.15) is 32.2 Å². The predicted octanol–water partition coefficient (Wildman–Crippen LogP) is 2.46. The van der Waals surface area contributed by atoms with Gasteiger partial charge in [-0.1, -0.05) is 26.0 Å². The first kappa shape index (κ1) is 14.5. The molecule has 0 aromatic carbocycles. The van der Waals surface area contributed by atoms with E-state index in [2.05, 4.69) is 20.2 Å². The first-order chi connectivity index (χ1) is 10.4. The number of rotatable bonds is 2. The number of nitrogens with zero attached hydrogens (tertiary/aromatic N) is 4. The van der Waals surface area contributed by atoms with Crippen molar-refractivity contribution in [3.63, 3.8) is 0 Å². The molecule has 22 heavy (non-hydrogen) atoms. The van der Waals surface area contributed by atoms with Crippen molar-refractivity contribution in [2.75, 3.05) is 0 Å². The van der Waals surface area contributed by atoms with E-state index in [0.717, 1.165) is 5.69 Å². The molecule has 1 atom stereocenters. The van der Waals surface area contributed by atoms with Gasteiger partial charge in [-0.2, -0.15) is 5.10 Å². The fourth-order valence-corrected chi connectivity index (χ4v) is 2.53. The summed E-state index contributed by atoms with van der Waals surface area (Å²) in [4.78, 5) is 8.62. The highest BCUT2D eigenvalue weighted by Crippen LogP contribution is 2.39. The summed E-state index contributed by atoms with van der Waals surface area (Å²) in [6.45, 7) is 5.63. The Balaban J connectivity index is 2.16. The third-order valence-electron chi connectivity index (χ3n) is 4.34. The lowest BCUT2D eigenvalue weighted by molar-refractivity contribution is 0.0498. The predicted molar refractivity (Wildman–Crippen MR) is 86.0 cm³/mol. The van der Waals surface area contributed by atoms with E-state index in [1.54, 1.807) is 19.3 Å². The quantitative estimate of drug-likeness (QED) is 0.925. The number of hydrogen-bond donors (Lipinski definition) is 1. The molecule has 0 radical (unpaired) electrons. The lowest BCUT2D eigenvalue weighted by atomic mass is 9.67. The van der Waals surface area contributed by atoms with Crippen molar-refractivity contribution in [1.29, 1.82) is 0 Å². The zero-order valence-corrected chi connectivity index (χ0v) is 12.9. The lowest BCUT2D eigenvalue weighted by Crippen LogP contribution is -2.55. The van der Waals surface area contributed by atoms with Gasteiger partial charge in [0.05, 0.1) is 17.1 Å². The Morgan fingerprint density at radius 3 is 1.77 bits per heavy atom. The van der Waals surface area contributed by atoms with E-state index in [9.17, 15) is 5.11 Å². The second-order valence-electron chi connectivity index (χ2n) is 6.02. The van der Waals surface area contributed by atoms with Gasteiger partial charge in [0.15, 0.2) is 0 Å². The highest BCUT2D eigenvalue weighted by Gasteiger charge is 2.51. The molecule has 5 heteroatoms. The molecule has 2 aromatic heterocycles. The Kier molecular flexibility index (Phi) is 3.37. The Hall–Kier alpha value is -2.40. The first-order valence-electron chi connectivity index (χ1n) is 7.16. The van der Waals surface area contributed by atoms with E-state index >= 15 is 0 Å². The van der Waals surface area contributed by atoms with E-state index in [0.29, 0.717) is 17.1 Å². The van der Waals surface area contributed by atoms with Crippen molar-refractivity contribution in [1.82, 2.24) is 9.97 Å². The average molecular weight is 294 g/mol. The Morgan fingerprint density at radius 1 is 0.773 bits per heavy atom. The van der Waals surface area contributed by atoms with Crippen molar-refractivity contribution in [2.45, 2.75) is 26.4 Å². The number of pyridine rings is 2. The van der Waals surface area contributed by atoms with Crippen LogP contribution in [0.4, 0.5) is 0 Å². The minimum absolute atomic E-state index is 0.470. The summed E-state index contributed by atoms with van der Waals surface area (Å²) >= 11 is 0. The molecule has 3 heterocycles. The maximum absolute atomic E-state index is 11.2. The van der Waals surface area contributed by atoms with Crippen molar-refractivity contribution in [3.8, 4) is 0 Å². The third kappa shape index (κ3) is 2.14. The van der Waals surface area contributed by atoms with Crippen LogP contribution in [-0.2, 0) is 0 Å². The zero-order chi connectivity index (χ0) is 15.8. The van der Waals surface area contributed by atoms with Gasteiger partial charge in [-0.25, -0.2) is 0 Å². The van der Waals surface area contributed by atoms with Crippen LogP contribution >= 0.6 is 0 Å². The fraction of sp³-hybridized carbons (Fsp3) is 0.294. The van der Waals surface area contributed by atoms with Gasteiger partial charge in [-0.15, -0.1) is 5.10 Å². The Bertz CT molecular complexity index is 668. The second-order valence-corrected chi connectivity index (χ2v) is 6.02. The summed E-state index contributed by atoms with van der Waals surface area (Å²) in [6.07, 6.45) is 3.39. The fourth-order valence-electron chi connectivity index (χ4n) is 2.53. The minimum atomic E-state index is -1.21. The van der Waals surface area contributed by atoms with Gasteiger partial charge >= 0.3 is 0 Å². The van der Waals surface area contributed by atoms with Crippen LogP contribution in [0.2, 0.25) is 0 Å². The highest BCUT2D eigenvalue weighted by atomic mass is 16.3. The number of hydrogen-bond acceptors (Lipinski definition) is 5. The monoisotopic (exact) mass is 294 g/mol. The van der Waals surface area contributed by atoms with Crippen LogP contribution in [0.25, 0.3) is 0 Å². The van der Waals surface area contributed by atoms with Gasteiger partial charge in [0.1, 0.15) is 11.3 Å². The van der Waals surface area contributed by atoms with Gasteiger partial charge in [0, 0.05) is 17.8 Å². The molecule has 0 spiro atoms. The van der Waals surface area contributed by atoms with Crippen LogP contribution in [0.5, 0.6) is 0 Å². The number of aromatic nitrogens is 2. The summed E-state index contributed by atoms with van der Waals surface area (Å²) in [5.74, 6) is 0. The van der Waals surface area contributed by atoms with Crippen LogP contribution in [0.15, 0.2) is 59.0 Å². The van der Waals surface area contributed by atoms with E-state index in [1.807, 2.05) is 50.2 Å².